The molecule has 0 aliphatic carbocycles. The van der Waals surface area contributed by atoms with Crippen LogP contribution in [0.4, 0.5) is 5.69 Å². The van der Waals surface area contributed by atoms with Gasteiger partial charge in [-0.2, -0.15) is 0 Å². The molecule has 0 fully saturated rings. The molecule has 0 aliphatic heterocycles. The summed E-state index contributed by atoms with van der Waals surface area (Å²) in [5.74, 6) is -0.665. The van der Waals surface area contributed by atoms with Gasteiger partial charge in [0.1, 0.15) is 11.7 Å². The lowest BCUT2D eigenvalue weighted by Gasteiger charge is -2.12. The van der Waals surface area contributed by atoms with Crippen LogP contribution >= 0.6 is 0 Å². The predicted molar refractivity (Wildman–Crippen MR) is 111 cm³/mol. The molecular formula is C20H21N3O5S. The molecule has 0 aliphatic rings. The fourth-order valence-electron chi connectivity index (χ4n) is 2.86. The third kappa shape index (κ3) is 5.08. The van der Waals surface area contributed by atoms with Gasteiger partial charge in [-0.15, -0.1) is 0 Å². The molecule has 3 N–H and O–H groups in total. The first-order valence-corrected chi connectivity index (χ1v) is 9.88. The largest absolute Gasteiger partial charge is 0.481 e. The highest BCUT2D eigenvalue weighted by Crippen LogP contribution is 2.35. The summed E-state index contributed by atoms with van der Waals surface area (Å²) in [6.45, 7) is 0. The van der Waals surface area contributed by atoms with Crippen molar-refractivity contribution in [1.82, 2.24) is 9.71 Å². The van der Waals surface area contributed by atoms with Gasteiger partial charge in [0.2, 0.25) is 17.2 Å². The van der Waals surface area contributed by atoms with Gasteiger partial charge >= 0.3 is 5.97 Å². The van der Waals surface area contributed by atoms with E-state index in [0.29, 0.717) is 11.5 Å². The Hall–Kier alpha value is -3.01. The van der Waals surface area contributed by atoms with E-state index in [0.717, 1.165) is 16.8 Å². The van der Waals surface area contributed by atoms with Crippen molar-refractivity contribution < 1.29 is 23.1 Å². The highest BCUT2D eigenvalue weighted by molar-refractivity contribution is 7.77. The van der Waals surface area contributed by atoms with Crippen molar-refractivity contribution in [1.29, 1.82) is 0 Å². The number of hydrogen-bond acceptors (Lipinski definition) is 5. The number of rotatable bonds is 8. The third-order valence-electron chi connectivity index (χ3n) is 4.26. The normalized spacial score (nSPS) is 13.1. The number of aromatic nitrogens is 1. The molecule has 8 nitrogen and oxygen atoms in total. The number of nitrogens with zero attached hydrogens (tertiary/aromatic N) is 2. The van der Waals surface area contributed by atoms with Crippen LogP contribution in [0.3, 0.4) is 0 Å². The number of anilines is 1. The SMILES string of the molecule is CN(C)c1ccc(-c2oc([C@H](CC(=O)O)NS(=O)O)nc2-c2ccccc2)cc1. The second-order valence-corrected chi connectivity index (χ2v) is 7.29. The lowest BCUT2D eigenvalue weighted by atomic mass is 10.1. The Morgan fingerprint density at radius 3 is 2.34 bits per heavy atom. The summed E-state index contributed by atoms with van der Waals surface area (Å²) in [6.07, 6.45) is -0.458. The topological polar surface area (TPSA) is 116 Å². The van der Waals surface area contributed by atoms with Crippen molar-refractivity contribution in [3.05, 3.63) is 60.5 Å². The molecule has 0 radical (unpaired) electrons. The molecule has 1 heterocycles. The fraction of sp³-hybridized carbons (Fsp3) is 0.200. The summed E-state index contributed by atoms with van der Waals surface area (Å²) in [5.41, 5.74) is 3.08. The minimum atomic E-state index is -2.43. The van der Waals surface area contributed by atoms with E-state index < -0.39 is 29.7 Å². The van der Waals surface area contributed by atoms with Crippen LogP contribution in [0.5, 0.6) is 0 Å². The van der Waals surface area contributed by atoms with Crippen LogP contribution in [0, 0.1) is 0 Å². The van der Waals surface area contributed by atoms with Crippen molar-refractivity contribution in [3.8, 4) is 22.6 Å². The van der Waals surface area contributed by atoms with Crippen molar-refractivity contribution in [2.24, 2.45) is 0 Å². The standard InChI is InChI=1S/C20H21N3O5S/c1-23(2)15-10-8-14(9-11-15)19-18(13-6-4-3-5-7-13)21-20(28-19)16(12-17(24)25)22-29(26)27/h3-11,16,22H,12H2,1-2H3,(H,24,25)(H,26,27)/t16-/m0/s1. The van der Waals surface area contributed by atoms with Gasteiger partial charge in [0.15, 0.2) is 5.76 Å². The highest BCUT2D eigenvalue weighted by Gasteiger charge is 2.26. The Bertz CT molecular complexity index is 987. The molecule has 0 saturated carbocycles. The molecule has 0 saturated heterocycles. The van der Waals surface area contributed by atoms with E-state index >= 15 is 0 Å². The first kappa shape index (κ1) is 20.7. The Balaban J connectivity index is 2.10. The second kappa shape index (κ2) is 8.99. The van der Waals surface area contributed by atoms with E-state index in [-0.39, 0.29) is 5.89 Å². The third-order valence-corrected chi connectivity index (χ3v) is 4.74. The molecule has 29 heavy (non-hydrogen) atoms. The van der Waals surface area contributed by atoms with E-state index in [2.05, 4.69) is 9.71 Å². The summed E-state index contributed by atoms with van der Waals surface area (Å²) in [6, 6.07) is 15.9. The van der Waals surface area contributed by atoms with Crippen LogP contribution in [0.25, 0.3) is 22.6 Å². The summed E-state index contributed by atoms with van der Waals surface area (Å²) >= 11 is -2.43. The number of carbonyl (C=O) groups is 1. The van der Waals surface area contributed by atoms with Crippen LogP contribution in [-0.2, 0) is 16.1 Å². The predicted octanol–water partition coefficient (Wildman–Crippen LogP) is 3.32. The molecule has 3 aromatic rings. The lowest BCUT2D eigenvalue weighted by molar-refractivity contribution is -0.137. The van der Waals surface area contributed by atoms with Crippen molar-refractivity contribution >= 4 is 22.9 Å². The minimum absolute atomic E-state index is 0.0281. The van der Waals surface area contributed by atoms with Crippen LogP contribution in [0.1, 0.15) is 18.4 Å². The maximum atomic E-state index is 11.2. The first-order valence-electron chi connectivity index (χ1n) is 8.78. The molecule has 9 heteroatoms. The number of carboxylic acid groups (broad SMARTS) is 1. The number of oxazole rings is 1. The average Bonchev–Trinajstić information content (AvgIpc) is 3.13. The molecule has 0 bridgehead atoms. The molecule has 0 spiro atoms. The first-order chi connectivity index (χ1) is 13.8. The summed E-state index contributed by atoms with van der Waals surface area (Å²) < 4.78 is 28.6. The van der Waals surface area contributed by atoms with E-state index in [4.69, 9.17) is 9.52 Å². The maximum Gasteiger partial charge on any atom is 0.305 e. The Kier molecular flexibility index (Phi) is 6.42. The molecular weight excluding hydrogens is 394 g/mol. The fourth-order valence-corrected chi connectivity index (χ4v) is 3.29. The van der Waals surface area contributed by atoms with Gasteiger partial charge in [-0.1, -0.05) is 30.3 Å². The molecule has 0 amide bonds. The summed E-state index contributed by atoms with van der Waals surface area (Å²) in [4.78, 5) is 17.6. The van der Waals surface area contributed by atoms with Crippen LogP contribution in [-0.4, -0.2) is 38.9 Å². The van der Waals surface area contributed by atoms with E-state index in [1.807, 2.05) is 73.6 Å². The van der Waals surface area contributed by atoms with Gasteiger partial charge in [-0.25, -0.2) is 13.9 Å². The number of carboxylic acids is 1. The molecule has 3 rings (SSSR count). The van der Waals surface area contributed by atoms with Gasteiger partial charge in [-0.05, 0) is 24.3 Å². The molecule has 1 unspecified atom stereocenters. The molecule has 1 aromatic heterocycles. The van der Waals surface area contributed by atoms with E-state index in [1.165, 1.54) is 0 Å². The zero-order chi connectivity index (χ0) is 21.0. The van der Waals surface area contributed by atoms with E-state index in [1.54, 1.807) is 0 Å². The second-order valence-electron chi connectivity index (χ2n) is 6.55. The number of aliphatic carboxylic acids is 1. The molecule has 152 valence electrons. The van der Waals surface area contributed by atoms with Crippen molar-refractivity contribution in [2.45, 2.75) is 12.5 Å². The zero-order valence-electron chi connectivity index (χ0n) is 15.9. The lowest BCUT2D eigenvalue weighted by Crippen LogP contribution is -2.25. The van der Waals surface area contributed by atoms with Gasteiger partial charge in [-0.3, -0.25) is 9.35 Å². The minimum Gasteiger partial charge on any atom is -0.481 e. The highest BCUT2D eigenvalue weighted by atomic mass is 32.2. The van der Waals surface area contributed by atoms with Gasteiger partial charge in [0.05, 0.1) is 6.42 Å². The Morgan fingerprint density at radius 1 is 1.14 bits per heavy atom. The van der Waals surface area contributed by atoms with Crippen molar-refractivity contribution in [2.75, 3.05) is 19.0 Å². The van der Waals surface area contributed by atoms with Crippen molar-refractivity contribution in [3.63, 3.8) is 0 Å². The van der Waals surface area contributed by atoms with Crippen LogP contribution < -0.4 is 9.62 Å². The number of nitrogens with one attached hydrogen (secondary N) is 1. The smallest absolute Gasteiger partial charge is 0.305 e. The number of hydrogen-bond donors (Lipinski definition) is 3. The molecule has 2 atom stereocenters. The monoisotopic (exact) mass is 415 g/mol. The summed E-state index contributed by atoms with van der Waals surface area (Å²) in [7, 11) is 3.88. The van der Waals surface area contributed by atoms with Gasteiger partial charge in [0, 0.05) is 30.9 Å². The average molecular weight is 415 g/mol. The Morgan fingerprint density at radius 2 is 1.79 bits per heavy atom. The quantitative estimate of drug-likeness (QED) is 0.483. The Labute approximate surface area is 170 Å². The van der Waals surface area contributed by atoms with E-state index in [9.17, 15) is 13.6 Å². The summed E-state index contributed by atoms with van der Waals surface area (Å²) in [5, 5.41) is 9.16. The van der Waals surface area contributed by atoms with Crippen LogP contribution in [0.15, 0.2) is 59.0 Å². The zero-order valence-corrected chi connectivity index (χ0v) is 16.7. The van der Waals surface area contributed by atoms with Gasteiger partial charge < -0.3 is 14.4 Å². The van der Waals surface area contributed by atoms with Gasteiger partial charge in [0.25, 0.3) is 0 Å². The maximum absolute atomic E-state index is 11.2. The molecule has 2 aromatic carbocycles. The van der Waals surface area contributed by atoms with Crippen LogP contribution in [0.2, 0.25) is 0 Å². The number of benzene rings is 2.